The van der Waals surface area contributed by atoms with Crippen molar-refractivity contribution in [2.75, 3.05) is 14.1 Å². The van der Waals surface area contributed by atoms with Gasteiger partial charge in [-0.2, -0.15) is 0 Å². The Morgan fingerprint density at radius 2 is 1.33 bits per heavy atom. The molecule has 0 aliphatic carbocycles. The molecule has 2 aromatic carbocycles. The summed E-state index contributed by atoms with van der Waals surface area (Å²) in [5, 5.41) is 40.2. The SMILES string of the molecule is CC(c1ccccc1)N(C)C.O=[N+]([O-])c1cc([N+](=O)[O-])c(O)c([N+](=O)[O-])c1. The molecule has 11 nitrogen and oxygen atoms in total. The minimum absolute atomic E-state index is 0.447. The summed E-state index contributed by atoms with van der Waals surface area (Å²) in [5.41, 5.74) is -1.63. The molecule has 27 heavy (non-hydrogen) atoms. The van der Waals surface area contributed by atoms with E-state index in [1.54, 1.807) is 0 Å². The molecule has 0 aromatic heterocycles. The fourth-order valence-electron chi connectivity index (χ4n) is 2.00. The first-order valence-corrected chi connectivity index (χ1v) is 7.57. The molecule has 0 aliphatic rings. The molecule has 0 bridgehead atoms. The van der Waals surface area contributed by atoms with Gasteiger partial charge in [0, 0.05) is 6.04 Å². The Labute approximate surface area is 153 Å². The lowest BCUT2D eigenvalue weighted by Crippen LogP contribution is -2.16. The smallest absolute Gasteiger partial charge is 0.324 e. The standard InChI is InChI=1S/C10H15N.C6H3N3O7/c1-9(11(2)3)10-7-5-4-6-8-10;10-6-4(8(13)14)1-3(7(11)12)2-5(6)9(15)16/h4-9H,1-3H3;1-2,10H. The monoisotopic (exact) mass is 378 g/mol. The van der Waals surface area contributed by atoms with Crippen molar-refractivity contribution in [3.05, 3.63) is 78.4 Å². The van der Waals surface area contributed by atoms with Crippen LogP contribution in [0.2, 0.25) is 0 Å². The second kappa shape index (κ2) is 9.20. The molecule has 11 heteroatoms. The molecule has 1 atom stereocenters. The van der Waals surface area contributed by atoms with E-state index in [-0.39, 0.29) is 0 Å². The van der Waals surface area contributed by atoms with Crippen molar-refractivity contribution in [2.45, 2.75) is 13.0 Å². The number of rotatable bonds is 5. The zero-order valence-electron chi connectivity index (χ0n) is 14.8. The average molecular weight is 378 g/mol. The van der Waals surface area contributed by atoms with E-state index in [4.69, 9.17) is 5.11 Å². The number of hydrogen-bond acceptors (Lipinski definition) is 8. The lowest BCUT2D eigenvalue weighted by atomic mass is 10.1. The summed E-state index contributed by atoms with van der Waals surface area (Å²) in [5.74, 6) is -1.21. The number of nitro groups is 3. The van der Waals surface area contributed by atoms with Gasteiger partial charge in [0.1, 0.15) is 0 Å². The van der Waals surface area contributed by atoms with Crippen molar-refractivity contribution in [1.82, 2.24) is 4.90 Å². The Morgan fingerprint density at radius 3 is 1.67 bits per heavy atom. The quantitative estimate of drug-likeness (QED) is 0.613. The van der Waals surface area contributed by atoms with Crippen LogP contribution in [0.4, 0.5) is 17.1 Å². The third-order valence-corrected chi connectivity index (χ3v) is 3.72. The summed E-state index contributed by atoms with van der Waals surface area (Å²) >= 11 is 0. The average Bonchev–Trinajstić information content (AvgIpc) is 2.61. The highest BCUT2D eigenvalue weighted by atomic mass is 16.6. The molecular formula is C16H18N4O7. The van der Waals surface area contributed by atoms with E-state index in [0.29, 0.717) is 18.2 Å². The van der Waals surface area contributed by atoms with E-state index >= 15 is 0 Å². The topological polar surface area (TPSA) is 153 Å². The molecule has 0 amide bonds. The number of phenols is 1. The maximum atomic E-state index is 10.4. The fraction of sp³-hybridized carbons (Fsp3) is 0.250. The van der Waals surface area contributed by atoms with E-state index in [1.807, 2.05) is 6.07 Å². The molecule has 0 spiro atoms. The van der Waals surface area contributed by atoms with Crippen molar-refractivity contribution in [3.8, 4) is 5.75 Å². The largest absolute Gasteiger partial charge is 0.497 e. The molecule has 0 aliphatic heterocycles. The Hall–Kier alpha value is -3.60. The lowest BCUT2D eigenvalue weighted by Gasteiger charge is -2.19. The van der Waals surface area contributed by atoms with Crippen LogP contribution in [0.15, 0.2) is 42.5 Å². The predicted octanol–water partition coefficient (Wildman–Crippen LogP) is 3.43. The second-order valence-electron chi connectivity index (χ2n) is 5.65. The highest BCUT2D eigenvalue weighted by molar-refractivity contribution is 5.64. The van der Waals surface area contributed by atoms with E-state index in [2.05, 4.69) is 50.2 Å². The van der Waals surface area contributed by atoms with Crippen molar-refractivity contribution in [2.24, 2.45) is 0 Å². The number of non-ortho nitro benzene ring substituents is 1. The molecule has 1 N–H and O–H groups in total. The first-order valence-electron chi connectivity index (χ1n) is 7.57. The van der Waals surface area contributed by atoms with Gasteiger partial charge in [-0.3, -0.25) is 30.3 Å². The van der Waals surface area contributed by atoms with Gasteiger partial charge in [0.2, 0.25) is 0 Å². The Balaban J connectivity index is 0.000000289. The highest BCUT2D eigenvalue weighted by Gasteiger charge is 2.30. The Bertz CT molecular complexity index is 805. The summed E-state index contributed by atoms with van der Waals surface area (Å²) in [6.45, 7) is 2.20. The number of nitrogens with zero attached hydrogens (tertiary/aromatic N) is 4. The zero-order chi connectivity index (χ0) is 20.7. The maximum absolute atomic E-state index is 10.4. The van der Waals surface area contributed by atoms with Gasteiger partial charge in [0.15, 0.2) is 0 Å². The van der Waals surface area contributed by atoms with Gasteiger partial charge < -0.3 is 10.0 Å². The van der Waals surface area contributed by atoms with Crippen molar-refractivity contribution >= 4 is 17.1 Å². The summed E-state index contributed by atoms with van der Waals surface area (Å²) in [4.78, 5) is 30.0. The van der Waals surface area contributed by atoms with Crippen LogP contribution >= 0.6 is 0 Å². The van der Waals surface area contributed by atoms with Crippen molar-refractivity contribution in [3.63, 3.8) is 0 Å². The number of aromatic hydroxyl groups is 1. The van der Waals surface area contributed by atoms with Gasteiger partial charge in [0.05, 0.1) is 26.9 Å². The van der Waals surface area contributed by atoms with Crippen LogP contribution in [0.25, 0.3) is 0 Å². The molecule has 0 saturated carbocycles. The van der Waals surface area contributed by atoms with Gasteiger partial charge in [-0.1, -0.05) is 30.3 Å². The van der Waals surface area contributed by atoms with Crippen LogP contribution in [0.3, 0.4) is 0 Å². The van der Waals surface area contributed by atoms with Crippen LogP contribution in [-0.4, -0.2) is 38.9 Å². The molecule has 2 aromatic rings. The normalized spacial score (nSPS) is 11.3. The highest BCUT2D eigenvalue weighted by Crippen LogP contribution is 2.38. The van der Waals surface area contributed by atoms with Crippen LogP contribution in [0, 0.1) is 30.3 Å². The molecule has 0 heterocycles. The van der Waals surface area contributed by atoms with E-state index in [9.17, 15) is 30.3 Å². The van der Waals surface area contributed by atoms with E-state index in [1.165, 1.54) is 5.56 Å². The van der Waals surface area contributed by atoms with Crippen molar-refractivity contribution in [1.29, 1.82) is 0 Å². The fourth-order valence-corrected chi connectivity index (χ4v) is 2.00. The predicted molar refractivity (Wildman–Crippen MR) is 96.6 cm³/mol. The Kier molecular flexibility index (Phi) is 7.30. The van der Waals surface area contributed by atoms with Gasteiger partial charge in [-0.05, 0) is 26.6 Å². The van der Waals surface area contributed by atoms with Crippen LogP contribution < -0.4 is 0 Å². The number of benzene rings is 2. The van der Waals surface area contributed by atoms with Crippen molar-refractivity contribution < 1.29 is 19.9 Å². The second-order valence-corrected chi connectivity index (χ2v) is 5.65. The molecule has 144 valence electrons. The summed E-state index contributed by atoms with van der Waals surface area (Å²) < 4.78 is 0. The van der Waals surface area contributed by atoms with E-state index in [0.717, 1.165) is 0 Å². The van der Waals surface area contributed by atoms with Crippen LogP contribution in [0.1, 0.15) is 18.5 Å². The third-order valence-electron chi connectivity index (χ3n) is 3.72. The molecule has 0 saturated heterocycles. The molecular weight excluding hydrogens is 360 g/mol. The van der Waals surface area contributed by atoms with E-state index < -0.39 is 37.6 Å². The maximum Gasteiger partial charge on any atom is 0.324 e. The number of phenolic OH excluding ortho intramolecular Hbond substituents is 1. The molecule has 1 unspecified atom stereocenters. The third kappa shape index (κ3) is 5.71. The van der Waals surface area contributed by atoms with Crippen LogP contribution in [-0.2, 0) is 0 Å². The lowest BCUT2D eigenvalue weighted by molar-refractivity contribution is -0.404. The first-order chi connectivity index (χ1) is 12.6. The summed E-state index contributed by atoms with van der Waals surface area (Å²) in [6, 6.07) is 11.9. The Morgan fingerprint density at radius 1 is 0.889 bits per heavy atom. The summed E-state index contributed by atoms with van der Waals surface area (Å²) in [6.07, 6.45) is 0. The minimum atomic E-state index is -1.21. The van der Waals surface area contributed by atoms with Gasteiger partial charge >= 0.3 is 11.4 Å². The first kappa shape index (κ1) is 21.4. The van der Waals surface area contributed by atoms with Gasteiger partial charge in [0.25, 0.3) is 11.4 Å². The minimum Gasteiger partial charge on any atom is -0.497 e. The molecule has 0 radical (unpaired) electrons. The number of hydrogen-bond donors (Lipinski definition) is 1. The molecule has 2 rings (SSSR count). The number of nitro benzene ring substituents is 3. The van der Waals surface area contributed by atoms with Gasteiger partial charge in [-0.25, -0.2) is 0 Å². The summed E-state index contributed by atoms with van der Waals surface area (Å²) in [7, 11) is 4.19. The zero-order valence-corrected chi connectivity index (χ0v) is 14.8. The van der Waals surface area contributed by atoms with Gasteiger partial charge in [-0.15, -0.1) is 0 Å². The van der Waals surface area contributed by atoms with Crippen LogP contribution in [0.5, 0.6) is 5.75 Å². The molecule has 0 fully saturated rings.